The highest BCUT2D eigenvalue weighted by atomic mass is 35.5. The molecule has 128 valence electrons. The van der Waals surface area contributed by atoms with Gasteiger partial charge in [-0.3, -0.25) is 9.69 Å². The number of halogens is 1. The molecule has 5 heteroatoms. The largest absolute Gasteiger partial charge is 0.383 e. The number of hydrogen-bond acceptors (Lipinski definition) is 3. The van der Waals surface area contributed by atoms with Crippen molar-refractivity contribution in [2.24, 2.45) is 0 Å². The zero-order valence-electron chi connectivity index (χ0n) is 13.9. The number of methoxy groups -OCH3 is 1. The van der Waals surface area contributed by atoms with Crippen molar-refractivity contribution >= 4 is 23.2 Å². The summed E-state index contributed by atoms with van der Waals surface area (Å²) in [6.07, 6.45) is 0.420. The Balaban J connectivity index is 1.85. The molecule has 1 amide bonds. The molecule has 4 nitrogen and oxygen atoms in total. The highest BCUT2D eigenvalue weighted by Gasteiger charge is 2.09. The van der Waals surface area contributed by atoms with E-state index in [1.165, 1.54) is 5.56 Å². The number of hydrogen-bond donors (Lipinski definition) is 1. The van der Waals surface area contributed by atoms with Gasteiger partial charge in [0.15, 0.2) is 0 Å². The average Bonchev–Trinajstić information content (AvgIpc) is 2.58. The highest BCUT2D eigenvalue weighted by molar-refractivity contribution is 6.30. The van der Waals surface area contributed by atoms with Crippen molar-refractivity contribution in [2.45, 2.75) is 13.0 Å². The Hall–Kier alpha value is -1.88. The van der Waals surface area contributed by atoms with E-state index in [-0.39, 0.29) is 5.91 Å². The van der Waals surface area contributed by atoms with Crippen molar-refractivity contribution < 1.29 is 9.53 Å². The number of nitrogens with one attached hydrogen (secondary N) is 1. The minimum atomic E-state index is -0.0206. The first-order valence-corrected chi connectivity index (χ1v) is 8.36. The standard InChI is InChI=1S/C19H23ClN2O2/c1-24-13-12-22(15-16-6-3-2-4-7-16)11-10-19(23)21-18-9-5-8-17(20)14-18/h2-9,14H,10-13,15H2,1H3,(H,21,23). The maximum Gasteiger partial charge on any atom is 0.225 e. The first-order valence-electron chi connectivity index (χ1n) is 7.98. The summed E-state index contributed by atoms with van der Waals surface area (Å²) in [5.74, 6) is -0.0206. The maximum atomic E-state index is 12.1. The van der Waals surface area contributed by atoms with Gasteiger partial charge in [0.2, 0.25) is 5.91 Å². The van der Waals surface area contributed by atoms with Crippen LogP contribution in [0.3, 0.4) is 0 Å². The molecule has 0 fully saturated rings. The zero-order chi connectivity index (χ0) is 17.2. The minimum absolute atomic E-state index is 0.0206. The fourth-order valence-electron chi connectivity index (χ4n) is 2.38. The van der Waals surface area contributed by atoms with Gasteiger partial charge in [-0.1, -0.05) is 48.0 Å². The van der Waals surface area contributed by atoms with Crippen LogP contribution in [0.25, 0.3) is 0 Å². The molecule has 2 aromatic carbocycles. The lowest BCUT2D eigenvalue weighted by atomic mass is 10.2. The maximum absolute atomic E-state index is 12.1. The Kier molecular flexibility index (Phi) is 7.75. The van der Waals surface area contributed by atoms with E-state index < -0.39 is 0 Å². The summed E-state index contributed by atoms with van der Waals surface area (Å²) < 4.78 is 5.17. The molecule has 2 rings (SSSR count). The molecule has 2 aromatic rings. The molecule has 0 atom stereocenters. The Morgan fingerprint density at radius 1 is 1.12 bits per heavy atom. The van der Waals surface area contributed by atoms with Gasteiger partial charge in [0.25, 0.3) is 0 Å². The SMILES string of the molecule is COCCN(CCC(=O)Nc1cccc(Cl)c1)Cc1ccccc1. The third-order valence-corrected chi connectivity index (χ3v) is 3.86. The van der Waals surface area contributed by atoms with Gasteiger partial charge >= 0.3 is 0 Å². The first kappa shape index (κ1) is 18.5. The Morgan fingerprint density at radius 3 is 2.62 bits per heavy atom. The Labute approximate surface area is 148 Å². The van der Waals surface area contributed by atoms with E-state index >= 15 is 0 Å². The second-order valence-corrected chi connectivity index (χ2v) is 6.00. The molecule has 1 N–H and O–H groups in total. The van der Waals surface area contributed by atoms with E-state index in [1.807, 2.05) is 30.3 Å². The van der Waals surface area contributed by atoms with Crippen molar-refractivity contribution in [2.75, 3.05) is 32.1 Å². The second kappa shape index (κ2) is 10.1. The first-order chi connectivity index (χ1) is 11.7. The third-order valence-electron chi connectivity index (χ3n) is 3.62. The van der Waals surface area contributed by atoms with Crippen LogP contribution in [-0.4, -0.2) is 37.6 Å². The number of nitrogens with zero attached hydrogens (tertiary/aromatic N) is 1. The van der Waals surface area contributed by atoms with Gasteiger partial charge in [0, 0.05) is 43.9 Å². The Bertz CT molecular complexity index is 634. The number of benzene rings is 2. The van der Waals surface area contributed by atoms with Gasteiger partial charge in [-0.25, -0.2) is 0 Å². The lowest BCUT2D eigenvalue weighted by Gasteiger charge is -2.21. The van der Waals surface area contributed by atoms with Crippen molar-refractivity contribution in [3.8, 4) is 0 Å². The smallest absolute Gasteiger partial charge is 0.225 e. The quantitative estimate of drug-likeness (QED) is 0.750. The van der Waals surface area contributed by atoms with Crippen LogP contribution in [0.4, 0.5) is 5.69 Å². The predicted molar refractivity (Wildman–Crippen MR) is 98.3 cm³/mol. The van der Waals surface area contributed by atoms with Crippen LogP contribution in [0.2, 0.25) is 5.02 Å². The van der Waals surface area contributed by atoms with Crippen LogP contribution < -0.4 is 5.32 Å². The van der Waals surface area contributed by atoms with E-state index in [4.69, 9.17) is 16.3 Å². The minimum Gasteiger partial charge on any atom is -0.383 e. The van der Waals surface area contributed by atoms with E-state index in [2.05, 4.69) is 22.3 Å². The van der Waals surface area contributed by atoms with E-state index in [0.29, 0.717) is 24.6 Å². The van der Waals surface area contributed by atoms with Crippen molar-refractivity contribution in [3.63, 3.8) is 0 Å². The Morgan fingerprint density at radius 2 is 1.92 bits per heavy atom. The molecule has 0 bridgehead atoms. The average molecular weight is 347 g/mol. The predicted octanol–water partition coefficient (Wildman–Crippen LogP) is 3.82. The summed E-state index contributed by atoms with van der Waals surface area (Å²) in [4.78, 5) is 14.4. The molecule has 24 heavy (non-hydrogen) atoms. The monoisotopic (exact) mass is 346 g/mol. The third kappa shape index (κ3) is 6.71. The van der Waals surface area contributed by atoms with Crippen LogP contribution in [0.15, 0.2) is 54.6 Å². The number of carbonyl (C=O) groups is 1. The normalized spacial score (nSPS) is 10.8. The van der Waals surface area contributed by atoms with Gasteiger partial charge in [-0.05, 0) is 23.8 Å². The van der Waals surface area contributed by atoms with Gasteiger partial charge in [-0.15, -0.1) is 0 Å². The number of anilines is 1. The number of rotatable bonds is 9. The molecular weight excluding hydrogens is 324 g/mol. The van der Waals surface area contributed by atoms with Crippen LogP contribution in [0.1, 0.15) is 12.0 Å². The van der Waals surface area contributed by atoms with E-state index in [0.717, 1.165) is 18.8 Å². The summed E-state index contributed by atoms with van der Waals surface area (Å²) in [5, 5.41) is 3.49. The summed E-state index contributed by atoms with van der Waals surface area (Å²) in [6, 6.07) is 17.4. The fraction of sp³-hybridized carbons (Fsp3) is 0.316. The topological polar surface area (TPSA) is 41.6 Å². The van der Waals surface area contributed by atoms with Gasteiger partial charge in [0.1, 0.15) is 0 Å². The van der Waals surface area contributed by atoms with Crippen molar-refractivity contribution in [3.05, 3.63) is 65.2 Å². The highest BCUT2D eigenvalue weighted by Crippen LogP contribution is 2.15. The van der Waals surface area contributed by atoms with Crippen LogP contribution in [0.5, 0.6) is 0 Å². The molecule has 0 aliphatic heterocycles. The number of carbonyl (C=O) groups excluding carboxylic acids is 1. The molecule has 0 radical (unpaired) electrons. The van der Waals surface area contributed by atoms with E-state index in [9.17, 15) is 4.79 Å². The van der Waals surface area contributed by atoms with Gasteiger partial charge in [-0.2, -0.15) is 0 Å². The summed E-state index contributed by atoms with van der Waals surface area (Å²) >= 11 is 5.93. The number of amides is 1. The van der Waals surface area contributed by atoms with Crippen molar-refractivity contribution in [1.29, 1.82) is 0 Å². The van der Waals surface area contributed by atoms with Gasteiger partial charge in [0.05, 0.1) is 6.61 Å². The lowest BCUT2D eigenvalue weighted by molar-refractivity contribution is -0.116. The summed E-state index contributed by atoms with van der Waals surface area (Å²) in [7, 11) is 1.69. The van der Waals surface area contributed by atoms with Crippen LogP contribution in [-0.2, 0) is 16.1 Å². The number of ether oxygens (including phenoxy) is 1. The van der Waals surface area contributed by atoms with Crippen LogP contribution in [0, 0.1) is 0 Å². The van der Waals surface area contributed by atoms with E-state index in [1.54, 1.807) is 19.2 Å². The molecule has 0 unspecified atom stereocenters. The van der Waals surface area contributed by atoms with Crippen molar-refractivity contribution in [1.82, 2.24) is 4.90 Å². The molecule has 0 aliphatic rings. The summed E-state index contributed by atoms with van der Waals surface area (Å²) in [6.45, 7) is 2.90. The molecular formula is C19H23ClN2O2. The second-order valence-electron chi connectivity index (χ2n) is 5.56. The summed E-state index contributed by atoms with van der Waals surface area (Å²) in [5.41, 5.74) is 1.95. The molecule has 0 heterocycles. The van der Waals surface area contributed by atoms with Crippen LogP contribution >= 0.6 is 11.6 Å². The molecule has 0 saturated heterocycles. The van der Waals surface area contributed by atoms with Gasteiger partial charge < -0.3 is 10.1 Å². The molecule has 0 saturated carbocycles. The molecule has 0 aliphatic carbocycles. The lowest BCUT2D eigenvalue weighted by Crippen LogP contribution is -2.30. The molecule has 0 aromatic heterocycles. The zero-order valence-corrected chi connectivity index (χ0v) is 14.6. The fourth-order valence-corrected chi connectivity index (χ4v) is 2.57. The molecule has 0 spiro atoms.